The number of nitrogens with zero attached hydrogens (tertiary/aromatic N) is 1. The van der Waals surface area contributed by atoms with Gasteiger partial charge in [0.15, 0.2) is 0 Å². The fourth-order valence-corrected chi connectivity index (χ4v) is 3.07. The molecule has 24 heavy (non-hydrogen) atoms. The quantitative estimate of drug-likeness (QED) is 0.868. The summed E-state index contributed by atoms with van der Waals surface area (Å²) >= 11 is 0. The van der Waals surface area contributed by atoms with Crippen molar-refractivity contribution in [3.63, 3.8) is 0 Å². The molecule has 0 aliphatic carbocycles. The minimum Gasteiger partial charge on any atom is -0.491 e. The smallest absolute Gasteiger partial charge is 0.317 e. The van der Waals surface area contributed by atoms with Crippen molar-refractivity contribution in [3.05, 3.63) is 29.8 Å². The van der Waals surface area contributed by atoms with Gasteiger partial charge in [-0.1, -0.05) is 12.1 Å². The normalized spacial score (nSPS) is 18.3. The Morgan fingerprint density at radius 3 is 2.50 bits per heavy atom. The van der Waals surface area contributed by atoms with Crippen LogP contribution in [0.1, 0.15) is 52.1 Å². The Morgan fingerprint density at radius 1 is 1.25 bits per heavy atom. The van der Waals surface area contributed by atoms with Gasteiger partial charge in [0.2, 0.25) is 0 Å². The van der Waals surface area contributed by atoms with E-state index in [1.54, 1.807) is 0 Å². The number of benzene rings is 1. The molecule has 0 saturated carbocycles. The van der Waals surface area contributed by atoms with E-state index in [1.165, 1.54) is 0 Å². The average Bonchev–Trinajstić information content (AvgIpc) is 2.54. The van der Waals surface area contributed by atoms with Crippen LogP contribution in [0, 0.1) is 5.92 Å². The first kappa shape index (κ1) is 18.6. The van der Waals surface area contributed by atoms with Gasteiger partial charge < -0.3 is 20.1 Å². The lowest BCUT2D eigenvalue weighted by molar-refractivity contribution is 0.0794. The number of carbonyl (C=O) groups is 1. The van der Waals surface area contributed by atoms with E-state index in [4.69, 9.17) is 4.74 Å². The van der Waals surface area contributed by atoms with Gasteiger partial charge in [0.1, 0.15) is 5.75 Å². The Bertz CT molecular complexity index is 537. The summed E-state index contributed by atoms with van der Waals surface area (Å²) in [5.41, 5.74) is 1.03. The molecule has 5 heteroatoms. The highest BCUT2D eigenvalue weighted by atomic mass is 16.5. The van der Waals surface area contributed by atoms with Gasteiger partial charge in [-0.15, -0.1) is 0 Å². The van der Waals surface area contributed by atoms with Crippen molar-refractivity contribution in [2.45, 2.75) is 58.8 Å². The highest BCUT2D eigenvalue weighted by Gasteiger charge is 2.26. The molecule has 1 aliphatic heterocycles. The second-order valence-electron chi connectivity index (χ2n) is 6.98. The van der Waals surface area contributed by atoms with Crippen LogP contribution in [-0.2, 0) is 0 Å². The van der Waals surface area contributed by atoms with Gasteiger partial charge in [0.25, 0.3) is 0 Å². The molecule has 2 rings (SSSR count). The SMILES string of the molecule is CC(C)Oc1cccc(C(C)NC(=O)N2CCC(C(C)O)CC2)c1. The molecular weight excluding hydrogens is 304 g/mol. The van der Waals surface area contributed by atoms with Crippen LogP contribution in [0.4, 0.5) is 4.79 Å². The van der Waals surface area contributed by atoms with Crippen LogP contribution in [0.5, 0.6) is 5.75 Å². The van der Waals surface area contributed by atoms with Gasteiger partial charge >= 0.3 is 6.03 Å². The number of piperidine rings is 1. The lowest BCUT2D eigenvalue weighted by Gasteiger charge is -2.34. The fraction of sp³-hybridized carbons (Fsp3) is 0.632. The van der Waals surface area contributed by atoms with Crippen molar-refractivity contribution in [1.29, 1.82) is 0 Å². The van der Waals surface area contributed by atoms with Crippen molar-refractivity contribution in [2.75, 3.05) is 13.1 Å². The number of ether oxygens (including phenoxy) is 1. The van der Waals surface area contributed by atoms with Crippen LogP contribution in [0.15, 0.2) is 24.3 Å². The highest BCUT2D eigenvalue weighted by molar-refractivity contribution is 5.74. The van der Waals surface area contributed by atoms with Gasteiger partial charge in [-0.05, 0) is 64.2 Å². The van der Waals surface area contributed by atoms with Crippen LogP contribution in [-0.4, -0.2) is 41.3 Å². The molecule has 0 bridgehead atoms. The molecule has 0 aromatic heterocycles. The van der Waals surface area contributed by atoms with E-state index in [0.717, 1.165) is 24.2 Å². The van der Waals surface area contributed by atoms with E-state index in [2.05, 4.69) is 5.32 Å². The van der Waals surface area contributed by atoms with Gasteiger partial charge in [-0.2, -0.15) is 0 Å². The van der Waals surface area contributed by atoms with Crippen LogP contribution in [0.3, 0.4) is 0 Å². The molecule has 134 valence electrons. The Hall–Kier alpha value is -1.75. The van der Waals surface area contributed by atoms with Crippen molar-refractivity contribution < 1.29 is 14.6 Å². The number of urea groups is 1. The third-order valence-electron chi connectivity index (χ3n) is 4.58. The van der Waals surface area contributed by atoms with Gasteiger partial charge in [-0.3, -0.25) is 0 Å². The number of aliphatic hydroxyl groups is 1. The third-order valence-corrected chi connectivity index (χ3v) is 4.58. The summed E-state index contributed by atoms with van der Waals surface area (Å²) < 4.78 is 5.71. The summed E-state index contributed by atoms with van der Waals surface area (Å²) in [6, 6.07) is 7.73. The predicted octanol–water partition coefficient (Wildman–Crippen LogP) is 3.34. The number of hydrogen-bond donors (Lipinski definition) is 2. The third kappa shape index (κ3) is 5.13. The average molecular weight is 334 g/mol. The Morgan fingerprint density at radius 2 is 1.92 bits per heavy atom. The maximum atomic E-state index is 12.4. The van der Waals surface area contributed by atoms with Crippen molar-refractivity contribution in [1.82, 2.24) is 10.2 Å². The van der Waals surface area contributed by atoms with Crippen LogP contribution < -0.4 is 10.1 Å². The van der Waals surface area contributed by atoms with Gasteiger partial charge in [0, 0.05) is 13.1 Å². The Balaban J connectivity index is 1.90. The first-order valence-electron chi connectivity index (χ1n) is 8.87. The molecule has 0 radical (unpaired) electrons. The van der Waals surface area contributed by atoms with E-state index < -0.39 is 0 Å². The highest BCUT2D eigenvalue weighted by Crippen LogP contribution is 2.23. The summed E-state index contributed by atoms with van der Waals surface area (Å²) in [5.74, 6) is 1.12. The standard InChI is InChI=1S/C19H30N2O3/c1-13(2)24-18-7-5-6-17(12-18)14(3)20-19(23)21-10-8-16(9-11-21)15(4)22/h5-7,12-16,22H,8-11H2,1-4H3,(H,20,23). The predicted molar refractivity (Wildman–Crippen MR) is 95.1 cm³/mol. The van der Waals surface area contributed by atoms with Crippen LogP contribution >= 0.6 is 0 Å². The molecule has 1 aromatic rings. The summed E-state index contributed by atoms with van der Waals surface area (Å²) in [6.07, 6.45) is 1.55. The topological polar surface area (TPSA) is 61.8 Å². The molecular formula is C19H30N2O3. The monoisotopic (exact) mass is 334 g/mol. The maximum Gasteiger partial charge on any atom is 0.317 e. The lowest BCUT2D eigenvalue weighted by Crippen LogP contribution is -2.46. The van der Waals surface area contributed by atoms with E-state index in [-0.39, 0.29) is 24.3 Å². The number of carbonyl (C=O) groups excluding carboxylic acids is 1. The summed E-state index contributed by atoms with van der Waals surface area (Å²) in [7, 11) is 0. The first-order chi connectivity index (χ1) is 11.4. The number of likely N-dealkylation sites (tertiary alicyclic amines) is 1. The van der Waals surface area contributed by atoms with Crippen molar-refractivity contribution in [3.8, 4) is 5.75 Å². The van der Waals surface area contributed by atoms with E-state index >= 15 is 0 Å². The van der Waals surface area contributed by atoms with Crippen molar-refractivity contribution in [2.24, 2.45) is 5.92 Å². The molecule has 1 heterocycles. The summed E-state index contributed by atoms with van der Waals surface area (Å²) in [4.78, 5) is 14.3. The lowest BCUT2D eigenvalue weighted by atomic mass is 9.92. The molecule has 2 amide bonds. The van der Waals surface area contributed by atoms with E-state index in [1.807, 2.05) is 56.9 Å². The molecule has 2 atom stereocenters. The zero-order chi connectivity index (χ0) is 17.7. The second kappa shape index (κ2) is 8.38. The zero-order valence-corrected chi connectivity index (χ0v) is 15.2. The van der Waals surface area contributed by atoms with E-state index in [9.17, 15) is 9.90 Å². The number of nitrogens with one attached hydrogen (secondary N) is 1. The van der Waals surface area contributed by atoms with Gasteiger partial charge in [0.05, 0.1) is 18.2 Å². The maximum absolute atomic E-state index is 12.4. The Labute approximate surface area is 145 Å². The largest absolute Gasteiger partial charge is 0.491 e. The van der Waals surface area contributed by atoms with E-state index in [0.29, 0.717) is 19.0 Å². The first-order valence-corrected chi connectivity index (χ1v) is 8.87. The summed E-state index contributed by atoms with van der Waals surface area (Å²) in [6.45, 7) is 9.20. The second-order valence-corrected chi connectivity index (χ2v) is 6.98. The molecule has 2 unspecified atom stereocenters. The molecule has 0 spiro atoms. The molecule has 1 aromatic carbocycles. The number of aliphatic hydroxyl groups excluding tert-OH is 1. The van der Waals surface area contributed by atoms with Crippen LogP contribution in [0.25, 0.3) is 0 Å². The van der Waals surface area contributed by atoms with Crippen LogP contribution in [0.2, 0.25) is 0 Å². The number of hydrogen-bond acceptors (Lipinski definition) is 3. The zero-order valence-electron chi connectivity index (χ0n) is 15.2. The minimum atomic E-state index is -0.294. The Kier molecular flexibility index (Phi) is 6.49. The molecule has 1 aliphatic rings. The minimum absolute atomic E-state index is 0.0401. The van der Waals surface area contributed by atoms with Crippen molar-refractivity contribution >= 4 is 6.03 Å². The fourth-order valence-electron chi connectivity index (χ4n) is 3.07. The molecule has 1 saturated heterocycles. The number of amides is 2. The molecule has 2 N–H and O–H groups in total. The number of rotatable bonds is 5. The molecule has 5 nitrogen and oxygen atoms in total. The molecule has 1 fully saturated rings. The van der Waals surface area contributed by atoms with Gasteiger partial charge in [-0.25, -0.2) is 4.79 Å². The summed E-state index contributed by atoms with van der Waals surface area (Å²) in [5, 5.41) is 12.7.